The van der Waals surface area contributed by atoms with Gasteiger partial charge in [0.15, 0.2) is 0 Å². The van der Waals surface area contributed by atoms with Crippen LogP contribution >= 0.6 is 11.6 Å². The summed E-state index contributed by atoms with van der Waals surface area (Å²) in [6.45, 7) is 0.385. The Morgan fingerprint density at radius 1 is 1.44 bits per heavy atom. The predicted octanol–water partition coefficient (Wildman–Crippen LogP) is 2.08. The minimum atomic E-state index is -0.0469. The van der Waals surface area contributed by atoms with Crippen molar-refractivity contribution in [2.24, 2.45) is 5.10 Å². The Bertz CT molecular complexity index is 428. The van der Waals surface area contributed by atoms with Crippen LogP contribution in [0.2, 0.25) is 5.02 Å². The highest BCUT2D eigenvalue weighted by Gasteiger charge is 2.24. The molecule has 0 atom stereocenters. The Labute approximate surface area is 98.5 Å². The molecule has 4 nitrogen and oxygen atoms in total. The summed E-state index contributed by atoms with van der Waals surface area (Å²) in [5, 5.41) is 6.21. The topological polar surface area (TPSA) is 41.9 Å². The smallest absolute Gasteiger partial charge is 0.253 e. The summed E-state index contributed by atoms with van der Waals surface area (Å²) in [6.07, 6.45) is 0.316. The van der Waals surface area contributed by atoms with Gasteiger partial charge in [-0.25, -0.2) is 5.01 Å². The maximum atomic E-state index is 11.7. The van der Waals surface area contributed by atoms with Crippen molar-refractivity contribution in [2.75, 3.05) is 18.7 Å². The van der Waals surface area contributed by atoms with Gasteiger partial charge in [-0.1, -0.05) is 11.6 Å². The molecule has 0 aliphatic carbocycles. The van der Waals surface area contributed by atoms with Gasteiger partial charge in [0, 0.05) is 12.1 Å². The predicted molar refractivity (Wildman–Crippen MR) is 62.9 cm³/mol. The quantitative estimate of drug-likeness (QED) is 0.809. The third-order valence-electron chi connectivity index (χ3n) is 2.22. The minimum absolute atomic E-state index is 0.0469. The van der Waals surface area contributed by atoms with Gasteiger partial charge in [-0.05, 0) is 24.3 Å². The molecule has 0 unspecified atom stereocenters. The van der Waals surface area contributed by atoms with E-state index < -0.39 is 0 Å². The zero-order chi connectivity index (χ0) is 11.5. The van der Waals surface area contributed by atoms with E-state index in [4.69, 9.17) is 16.3 Å². The number of hydrogen-bond donors (Lipinski definition) is 0. The highest BCUT2D eigenvalue weighted by Crippen LogP contribution is 2.22. The van der Waals surface area contributed by atoms with Crippen molar-refractivity contribution in [1.29, 1.82) is 0 Å². The number of nitrogens with zero attached hydrogens (tertiary/aromatic N) is 2. The number of amides is 1. The zero-order valence-electron chi connectivity index (χ0n) is 8.81. The van der Waals surface area contributed by atoms with Crippen LogP contribution in [0.25, 0.3) is 0 Å². The molecule has 0 fully saturated rings. The Morgan fingerprint density at radius 3 is 2.75 bits per heavy atom. The summed E-state index contributed by atoms with van der Waals surface area (Å²) in [7, 11) is 1.58. The minimum Gasteiger partial charge on any atom is -0.379 e. The first-order valence-corrected chi connectivity index (χ1v) is 5.22. The van der Waals surface area contributed by atoms with Crippen molar-refractivity contribution in [3.63, 3.8) is 0 Å². The van der Waals surface area contributed by atoms with Gasteiger partial charge in [0.25, 0.3) is 5.91 Å². The van der Waals surface area contributed by atoms with Crippen LogP contribution in [0.4, 0.5) is 5.69 Å². The van der Waals surface area contributed by atoms with Gasteiger partial charge in [0.1, 0.15) is 0 Å². The van der Waals surface area contributed by atoms with Crippen molar-refractivity contribution in [1.82, 2.24) is 0 Å². The molecule has 1 aliphatic rings. The Morgan fingerprint density at radius 2 is 2.12 bits per heavy atom. The van der Waals surface area contributed by atoms with Gasteiger partial charge in [-0.3, -0.25) is 4.79 Å². The molecular formula is C11H11ClN2O2. The van der Waals surface area contributed by atoms with E-state index in [1.54, 1.807) is 31.4 Å². The summed E-state index contributed by atoms with van der Waals surface area (Å²) in [4.78, 5) is 11.7. The molecule has 0 N–H and O–H groups in total. The normalized spacial score (nSPS) is 15.5. The first kappa shape index (κ1) is 11.1. The number of rotatable bonds is 3. The summed E-state index contributed by atoms with van der Waals surface area (Å²) in [5.74, 6) is -0.0469. The fourth-order valence-corrected chi connectivity index (χ4v) is 1.64. The molecule has 2 rings (SSSR count). The fourth-order valence-electron chi connectivity index (χ4n) is 1.51. The summed E-state index contributed by atoms with van der Waals surface area (Å²) >= 11 is 5.77. The van der Waals surface area contributed by atoms with Crippen LogP contribution in [-0.4, -0.2) is 25.3 Å². The third-order valence-corrected chi connectivity index (χ3v) is 2.47. The first-order chi connectivity index (χ1) is 7.70. The standard InChI is InChI=1S/C11H11ClN2O2/c1-16-7-9-6-11(15)14(13-9)10-4-2-8(12)3-5-10/h2-5H,6-7H2,1H3. The Hall–Kier alpha value is -1.39. The van der Waals surface area contributed by atoms with E-state index in [-0.39, 0.29) is 5.91 Å². The Balaban J connectivity index is 2.21. The zero-order valence-corrected chi connectivity index (χ0v) is 9.57. The van der Waals surface area contributed by atoms with Crippen molar-refractivity contribution in [2.45, 2.75) is 6.42 Å². The second kappa shape index (κ2) is 4.63. The number of hydrazone groups is 1. The lowest BCUT2D eigenvalue weighted by Gasteiger charge is -2.11. The number of carbonyl (C=O) groups is 1. The van der Waals surface area contributed by atoms with Crippen molar-refractivity contribution in [3.05, 3.63) is 29.3 Å². The Kier molecular flexibility index (Phi) is 3.22. The molecule has 1 heterocycles. The van der Waals surface area contributed by atoms with E-state index in [2.05, 4.69) is 5.10 Å². The number of ether oxygens (including phenoxy) is 1. The van der Waals surface area contributed by atoms with Gasteiger partial charge in [-0.2, -0.15) is 5.10 Å². The monoisotopic (exact) mass is 238 g/mol. The van der Waals surface area contributed by atoms with Gasteiger partial charge in [0.2, 0.25) is 0 Å². The number of benzene rings is 1. The maximum absolute atomic E-state index is 11.7. The maximum Gasteiger partial charge on any atom is 0.253 e. The number of methoxy groups -OCH3 is 1. The second-order valence-electron chi connectivity index (χ2n) is 3.46. The van der Waals surface area contributed by atoms with Crippen LogP contribution in [0.15, 0.2) is 29.4 Å². The summed E-state index contributed by atoms with van der Waals surface area (Å²) in [5.41, 5.74) is 1.46. The highest BCUT2D eigenvalue weighted by molar-refractivity contribution is 6.30. The summed E-state index contributed by atoms with van der Waals surface area (Å²) in [6, 6.07) is 6.99. The molecule has 16 heavy (non-hydrogen) atoms. The van der Waals surface area contributed by atoms with Gasteiger partial charge in [0.05, 0.1) is 24.4 Å². The van der Waals surface area contributed by atoms with Crippen LogP contribution in [0.3, 0.4) is 0 Å². The van der Waals surface area contributed by atoms with Crippen LogP contribution in [0, 0.1) is 0 Å². The third kappa shape index (κ3) is 2.23. The lowest BCUT2D eigenvalue weighted by molar-refractivity contribution is -0.116. The van der Waals surface area contributed by atoms with Crippen molar-refractivity contribution < 1.29 is 9.53 Å². The molecule has 0 radical (unpaired) electrons. The van der Waals surface area contributed by atoms with Crippen LogP contribution in [0.5, 0.6) is 0 Å². The lowest BCUT2D eigenvalue weighted by Crippen LogP contribution is -2.19. The second-order valence-corrected chi connectivity index (χ2v) is 3.89. The van der Waals surface area contributed by atoms with E-state index in [0.717, 1.165) is 11.4 Å². The molecule has 84 valence electrons. The molecular weight excluding hydrogens is 228 g/mol. The largest absolute Gasteiger partial charge is 0.379 e. The van der Waals surface area contributed by atoms with E-state index in [1.165, 1.54) is 5.01 Å². The molecule has 1 aromatic carbocycles. The molecule has 0 saturated carbocycles. The van der Waals surface area contributed by atoms with Gasteiger partial charge < -0.3 is 4.74 Å². The van der Waals surface area contributed by atoms with E-state index in [9.17, 15) is 4.79 Å². The van der Waals surface area contributed by atoms with Crippen LogP contribution in [0.1, 0.15) is 6.42 Å². The van der Waals surface area contributed by atoms with Crippen molar-refractivity contribution in [3.8, 4) is 0 Å². The van der Waals surface area contributed by atoms with Crippen LogP contribution in [-0.2, 0) is 9.53 Å². The van der Waals surface area contributed by atoms with E-state index in [0.29, 0.717) is 18.1 Å². The van der Waals surface area contributed by atoms with E-state index in [1.807, 2.05) is 0 Å². The molecule has 0 saturated heterocycles. The van der Waals surface area contributed by atoms with Gasteiger partial charge in [-0.15, -0.1) is 0 Å². The molecule has 1 amide bonds. The lowest BCUT2D eigenvalue weighted by atomic mass is 10.2. The molecule has 1 aromatic rings. The van der Waals surface area contributed by atoms with Crippen molar-refractivity contribution >= 4 is 28.9 Å². The average Bonchev–Trinajstić information content (AvgIpc) is 2.61. The molecule has 0 bridgehead atoms. The molecule has 5 heteroatoms. The summed E-state index contributed by atoms with van der Waals surface area (Å²) < 4.78 is 4.95. The number of carbonyl (C=O) groups excluding carboxylic acids is 1. The van der Waals surface area contributed by atoms with Crippen LogP contribution < -0.4 is 5.01 Å². The number of halogens is 1. The first-order valence-electron chi connectivity index (χ1n) is 4.84. The molecule has 0 spiro atoms. The molecule has 1 aliphatic heterocycles. The van der Waals surface area contributed by atoms with Gasteiger partial charge >= 0.3 is 0 Å². The highest BCUT2D eigenvalue weighted by atomic mass is 35.5. The van der Waals surface area contributed by atoms with E-state index >= 15 is 0 Å². The number of anilines is 1. The fraction of sp³-hybridized carbons (Fsp3) is 0.273. The average molecular weight is 239 g/mol. The molecule has 0 aromatic heterocycles. The SMILES string of the molecule is COCC1=NN(c2ccc(Cl)cc2)C(=O)C1. The number of hydrogen-bond acceptors (Lipinski definition) is 3.